The number of hydrogen-bond acceptors (Lipinski definition) is 6. The summed E-state index contributed by atoms with van der Waals surface area (Å²) in [4.78, 5) is 29.4. The quantitative estimate of drug-likeness (QED) is 0.268. The van der Waals surface area contributed by atoms with Crippen LogP contribution in [0, 0.1) is 5.92 Å². The van der Waals surface area contributed by atoms with Crippen molar-refractivity contribution in [1.82, 2.24) is 20.1 Å². The molecule has 9 nitrogen and oxygen atoms in total. The fraction of sp³-hybridized carbons (Fsp3) is 0.484. The number of fused-ring (bicyclic) bond motifs is 1. The Morgan fingerprint density at radius 3 is 2.88 bits per heavy atom. The van der Waals surface area contributed by atoms with Crippen LogP contribution in [0.15, 0.2) is 48.8 Å². The second kappa shape index (κ2) is 13.1. The second-order valence-corrected chi connectivity index (χ2v) is 11.1. The Morgan fingerprint density at radius 2 is 2.08 bits per heavy atom. The number of amides is 1. The average Bonchev–Trinajstić information content (AvgIpc) is 3.38. The van der Waals surface area contributed by atoms with E-state index in [4.69, 9.17) is 9.72 Å². The van der Waals surface area contributed by atoms with E-state index in [1.54, 1.807) is 29.1 Å². The molecule has 1 saturated carbocycles. The zero-order chi connectivity index (χ0) is 27.9. The van der Waals surface area contributed by atoms with Crippen LogP contribution in [-0.4, -0.2) is 57.0 Å². The Kier molecular flexibility index (Phi) is 9.11. The molecule has 0 spiro atoms. The topological polar surface area (TPSA) is 118 Å². The number of nitrogens with zero attached hydrogens (tertiary/aromatic N) is 3. The van der Waals surface area contributed by atoms with Gasteiger partial charge in [-0.1, -0.05) is 31.0 Å². The number of carbonyl (C=O) groups is 2. The smallest absolute Gasteiger partial charge is 0.326 e. The lowest BCUT2D eigenvalue weighted by Gasteiger charge is -2.35. The number of carboxylic acid groups (broad SMARTS) is 1. The highest BCUT2D eigenvalue weighted by atomic mass is 16.5. The van der Waals surface area contributed by atoms with E-state index in [2.05, 4.69) is 27.9 Å². The number of aliphatic carboxylic acids is 1. The van der Waals surface area contributed by atoms with Gasteiger partial charge in [0.05, 0.1) is 12.3 Å². The number of pyridine rings is 1. The molecule has 2 aromatic heterocycles. The lowest BCUT2D eigenvalue weighted by atomic mass is 9.79. The number of anilines is 1. The highest BCUT2D eigenvalue weighted by Crippen LogP contribution is 2.34. The van der Waals surface area contributed by atoms with Crippen LogP contribution in [0.25, 0.3) is 11.1 Å². The highest BCUT2D eigenvalue weighted by Gasteiger charge is 2.30. The molecule has 212 valence electrons. The Hall–Kier alpha value is -3.72. The van der Waals surface area contributed by atoms with E-state index >= 15 is 0 Å². The fourth-order valence-corrected chi connectivity index (χ4v) is 5.56. The van der Waals surface area contributed by atoms with Gasteiger partial charge in [-0.25, -0.2) is 9.78 Å². The van der Waals surface area contributed by atoms with Crippen molar-refractivity contribution in [2.45, 2.75) is 69.9 Å². The molecular weight excluding hydrogens is 506 g/mol. The first-order valence-electron chi connectivity index (χ1n) is 14.4. The molecule has 1 aliphatic heterocycles. The van der Waals surface area contributed by atoms with Crippen molar-refractivity contribution in [3.05, 3.63) is 65.6 Å². The Labute approximate surface area is 235 Å². The Morgan fingerprint density at radius 1 is 1.20 bits per heavy atom. The van der Waals surface area contributed by atoms with Gasteiger partial charge < -0.3 is 20.5 Å². The minimum atomic E-state index is -1.06. The lowest BCUT2D eigenvalue weighted by molar-refractivity contribution is -0.140. The number of aromatic nitrogens is 3. The molecule has 3 heterocycles. The predicted octanol–water partition coefficient (Wildman–Crippen LogP) is 4.62. The molecule has 2 aliphatic rings. The third-order valence-electron chi connectivity index (χ3n) is 7.97. The van der Waals surface area contributed by atoms with E-state index in [0.29, 0.717) is 18.1 Å². The molecule has 0 saturated heterocycles. The molecule has 1 unspecified atom stereocenters. The lowest BCUT2D eigenvalue weighted by Crippen LogP contribution is -2.42. The monoisotopic (exact) mass is 545 g/mol. The van der Waals surface area contributed by atoms with Crippen LogP contribution in [0.5, 0.6) is 0 Å². The first-order valence-corrected chi connectivity index (χ1v) is 14.4. The maximum atomic E-state index is 12.8. The van der Waals surface area contributed by atoms with Crippen molar-refractivity contribution >= 4 is 17.7 Å². The van der Waals surface area contributed by atoms with Gasteiger partial charge in [-0.2, -0.15) is 5.10 Å². The molecule has 1 atom stereocenters. The van der Waals surface area contributed by atoms with Gasteiger partial charge in [0.25, 0.3) is 5.91 Å². The molecule has 5 rings (SSSR count). The molecule has 1 fully saturated rings. The summed E-state index contributed by atoms with van der Waals surface area (Å²) >= 11 is 0. The molecule has 3 N–H and O–H groups in total. The molecule has 3 aromatic rings. The predicted molar refractivity (Wildman–Crippen MR) is 153 cm³/mol. The average molecular weight is 546 g/mol. The maximum Gasteiger partial charge on any atom is 0.326 e. The summed E-state index contributed by atoms with van der Waals surface area (Å²) < 4.78 is 7.64. The van der Waals surface area contributed by atoms with E-state index in [9.17, 15) is 14.7 Å². The Balaban J connectivity index is 0.981. The number of ether oxygens (including phenoxy) is 1. The normalized spacial score (nSPS) is 18.7. The molecule has 0 bridgehead atoms. The number of aryl methyl sites for hydroxylation is 3. The maximum absolute atomic E-state index is 12.8. The fourth-order valence-electron chi connectivity index (χ4n) is 5.56. The Bertz CT molecular complexity index is 1320. The van der Waals surface area contributed by atoms with E-state index in [0.717, 1.165) is 55.6 Å². The van der Waals surface area contributed by atoms with Gasteiger partial charge >= 0.3 is 5.97 Å². The van der Waals surface area contributed by atoms with Gasteiger partial charge in [-0.05, 0) is 73.8 Å². The van der Waals surface area contributed by atoms with E-state index < -0.39 is 17.9 Å². The molecule has 40 heavy (non-hydrogen) atoms. The van der Waals surface area contributed by atoms with Crippen LogP contribution in [0.1, 0.15) is 66.6 Å². The SMILES string of the molecule is Cn1cc(-c2cccc(C(=O)NC(CCO[C@H]3C[C@H](CCCCc4ccc5c(n4)NCCC5)C3)C(=O)O)c2)cn1. The number of carbonyl (C=O) groups excluding carboxylic acids is 1. The van der Waals surface area contributed by atoms with Crippen molar-refractivity contribution in [2.75, 3.05) is 18.5 Å². The van der Waals surface area contributed by atoms with Crippen molar-refractivity contribution in [3.63, 3.8) is 0 Å². The molecule has 1 aliphatic carbocycles. The minimum Gasteiger partial charge on any atom is -0.480 e. The molecule has 1 aromatic carbocycles. The van der Waals surface area contributed by atoms with Gasteiger partial charge in [0, 0.05) is 49.6 Å². The third kappa shape index (κ3) is 7.27. The number of unbranched alkanes of at least 4 members (excludes halogenated alkanes) is 1. The van der Waals surface area contributed by atoms with E-state index in [1.165, 1.54) is 30.5 Å². The highest BCUT2D eigenvalue weighted by molar-refractivity contribution is 5.97. The summed E-state index contributed by atoms with van der Waals surface area (Å²) in [5.41, 5.74) is 4.66. The van der Waals surface area contributed by atoms with Crippen molar-refractivity contribution < 1.29 is 19.4 Å². The van der Waals surface area contributed by atoms with Crippen LogP contribution in [-0.2, 0) is 29.4 Å². The largest absolute Gasteiger partial charge is 0.480 e. The summed E-state index contributed by atoms with van der Waals surface area (Å²) in [5.74, 6) is 0.271. The first kappa shape index (κ1) is 27.8. The summed E-state index contributed by atoms with van der Waals surface area (Å²) in [6.45, 7) is 1.32. The van der Waals surface area contributed by atoms with Crippen LogP contribution in [0.2, 0.25) is 0 Å². The summed E-state index contributed by atoms with van der Waals surface area (Å²) in [6, 6.07) is 10.5. The zero-order valence-corrected chi connectivity index (χ0v) is 23.1. The number of hydrogen-bond donors (Lipinski definition) is 3. The van der Waals surface area contributed by atoms with Gasteiger partial charge in [0.15, 0.2) is 0 Å². The third-order valence-corrected chi connectivity index (χ3v) is 7.97. The van der Waals surface area contributed by atoms with E-state index in [-0.39, 0.29) is 12.5 Å². The number of rotatable bonds is 13. The molecule has 9 heteroatoms. The number of benzene rings is 1. The number of nitrogens with one attached hydrogen (secondary N) is 2. The van der Waals surface area contributed by atoms with E-state index in [1.807, 2.05) is 19.3 Å². The number of carboxylic acids is 1. The molecule has 0 radical (unpaired) electrons. The summed E-state index contributed by atoms with van der Waals surface area (Å²) in [6.07, 6.45) is 12.9. The van der Waals surface area contributed by atoms with Gasteiger partial charge in [0.1, 0.15) is 11.9 Å². The zero-order valence-electron chi connectivity index (χ0n) is 23.1. The van der Waals surface area contributed by atoms with Gasteiger partial charge in [-0.15, -0.1) is 0 Å². The van der Waals surface area contributed by atoms with Crippen LogP contribution >= 0.6 is 0 Å². The molecule has 1 amide bonds. The van der Waals surface area contributed by atoms with Crippen LogP contribution in [0.3, 0.4) is 0 Å². The molecular formula is C31H39N5O4. The minimum absolute atomic E-state index is 0.180. The van der Waals surface area contributed by atoms with Crippen LogP contribution < -0.4 is 10.6 Å². The van der Waals surface area contributed by atoms with Gasteiger partial charge in [-0.3, -0.25) is 9.48 Å². The van der Waals surface area contributed by atoms with Crippen molar-refractivity contribution in [1.29, 1.82) is 0 Å². The summed E-state index contributed by atoms with van der Waals surface area (Å²) in [5, 5.41) is 19.9. The van der Waals surface area contributed by atoms with Gasteiger partial charge in [0.2, 0.25) is 0 Å². The first-order chi connectivity index (χ1) is 19.4. The standard InChI is InChI=1S/C31H39N5O4/c1-36-20-25(19-33-36)23-7-4-8-24(18-23)30(37)35-28(31(38)39)13-15-40-27-16-21(17-27)6-2-3-10-26-12-11-22-9-5-14-32-29(22)34-26/h4,7-8,11-12,18-21,27-28H,2-3,5-6,9-10,13-17H2,1H3,(H,32,34)(H,35,37)(H,38,39)/t21-,27-,28?. The van der Waals surface area contributed by atoms with Crippen molar-refractivity contribution in [2.24, 2.45) is 13.0 Å². The van der Waals surface area contributed by atoms with Crippen molar-refractivity contribution in [3.8, 4) is 11.1 Å². The van der Waals surface area contributed by atoms with Crippen LogP contribution in [0.4, 0.5) is 5.82 Å². The summed E-state index contributed by atoms with van der Waals surface area (Å²) in [7, 11) is 1.83. The second-order valence-electron chi connectivity index (χ2n) is 11.1.